The lowest BCUT2D eigenvalue weighted by molar-refractivity contribution is -0.122. The van der Waals surface area contributed by atoms with E-state index in [9.17, 15) is 14.4 Å². The number of para-hydroxylation sites is 1. The van der Waals surface area contributed by atoms with Gasteiger partial charge in [-0.15, -0.1) is 11.3 Å². The highest BCUT2D eigenvalue weighted by Gasteiger charge is 2.27. The SMILES string of the molecule is C[C@@H]1CCc2c(sc(NC(=O)c3ccc(O[C@H](C)C(=O)Nc4ccccc4)cc3)c2C(N)=O)C1. The van der Waals surface area contributed by atoms with Crippen LogP contribution < -0.4 is 21.1 Å². The number of rotatable bonds is 7. The van der Waals surface area contributed by atoms with E-state index in [2.05, 4.69) is 17.6 Å². The molecule has 0 radical (unpaired) electrons. The van der Waals surface area contributed by atoms with Crippen LogP contribution in [0.4, 0.5) is 10.7 Å². The van der Waals surface area contributed by atoms with E-state index < -0.39 is 12.0 Å². The van der Waals surface area contributed by atoms with E-state index in [1.165, 1.54) is 11.3 Å². The summed E-state index contributed by atoms with van der Waals surface area (Å²) in [6.45, 7) is 3.84. The van der Waals surface area contributed by atoms with Crippen molar-refractivity contribution in [2.75, 3.05) is 10.6 Å². The Kier molecular flexibility index (Phi) is 6.98. The number of anilines is 2. The van der Waals surface area contributed by atoms with Crippen molar-refractivity contribution in [3.8, 4) is 5.75 Å². The fourth-order valence-corrected chi connectivity index (χ4v) is 5.39. The minimum absolute atomic E-state index is 0.275. The number of nitrogens with one attached hydrogen (secondary N) is 2. The Labute approximate surface area is 202 Å². The minimum atomic E-state index is -0.724. The second kappa shape index (κ2) is 10.1. The van der Waals surface area contributed by atoms with E-state index in [4.69, 9.17) is 10.5 Å². The highest BCUT2D eigenvalue weighted by molar-refractivity contribution is 7.17. The molecule has 4 rings (SSSR count). The molecule has 0 saturated heterocycles. The van der Waals surface area contributed by atoms with Crippen LogP contribution in [-0.4, -0.2) is 23.8 Å². The summed E-state index contributed by atoms with van der Waals surface area (Å²) in [6, 6.07) is 15.6. The van der Waals surface area contributed by atoms with Gasteiger partial charge in [0.25, 0.3) is 17.7 Å². The molecule has 0 saturated carbocycles. The number of fused-ring (bicyclic) bond motifs is 1. The van der Waals surface area contributed by atoms with Crippen LogP contribution >= 0.6 is 11.3 Å². The smallest absolute Gasteiger partial charge is 0.265 e. The van der Waals surface area contributed by atoms with Crippen molar-refractivity contribution in [1.82, 2.24) is 0 Å². The van der Waals surface area contributed by atoms with Crippen molar-refractivity contribution in [3.05, 3.63) is 76.2 Å². The Bertz CT molecular complexity index is 1200. The van der Waals surface area contributed by atoms with Gasteiger partial charge in [0.05, 0.1) is 5.56 Å². The fourth-order valence-electron chi connectivity index (χ4n) is 3.98. The topological polar surface area (TPSA) is 111 Å². The molecule has 1 aliphatic carbocycles. The van der Waals surface area contributed by atoms with Gasteiger partial charge >= 0.3 is 0 Å². The molecule has 3 aromatic rings. The van der Waals surface area contributed by atoms with Crippen LogP contribution in [-0.2, 0) is 17.6 Å². The predicted octanol–water partition coefficient (Wildman–Crippen LogP) is 4.63. The van der Waals surface area contributed by atoms with Crippen molar-refractivity contribution in [2.45, 2.75) is 39.2 Å². The molecule has 1 aliphatic rings. The van der Waals surface area contributed by atoms with E-state index in [0.717, 1.165) is 29.7 Å². The van der Waals surface area contributed by atoms with Crippen LogP contribution in [0.25, 0.3) is 0 Å². The van der Waals surface area contributed by atoms with Gasteiger partial charge in [-0.3, -0.25) is 14.4 Å². The lowest BCUT2D eigenvalue weighted by Gasteiger charge is -2.18. The van der Waals surface area contributed by atoms with Gasteiger partial charge in [0.15, 0.2) is 6.10 Å². The van der Waals surface area contributed by atoms with Crippen LogP contribution in [0.15, 0.2) is 54.6 Å². The van der Waals surface area contributed by atoms with E-state index >= 15 is 0 Å². The van der Waals surface area contributed by atoms with Crippen molar-refractivity contribution in [3.63, 3.8) is 0 Å². The van der Waals surface area contributed by atoms with Gasteiger partial charge in [-0.25, -0.2) is 0 Å². The number of benzene rings is 2. The Balaban J connectivity index is 1.41. The molecule has 34 heavy (non-hydrogen) atoms. The third kappa shape index (κ3) is 5.28. The molecule has 0 fully saturated rings. The van der Waals surface area contributed by atoms with Crippen molar-refractivity contribution < 1.29 is 19.1 Å². The van der Waals surface area contributed by atoms with Crippen molar-refractivity contribution >= 4 is 39.7 Å². The average Bonchev–Trinajstić information content (AvgIpc) is 3.17. The first-order valence-electron chi connectivity index (χ1n) is 11.2. The van der Waals surface area contributed by atoms with Gasteiger partial charge in [-0.05, 0) is 74.1 Å². The lowest BCUT2D eigenvalue weighted by atomic mass is 9.88. The summed E-state index contributed by atoms with van der Waals surface area (Å²) in [4.78, 5) is 38.4. The number of amides is 3. The molecule has 8 heteroatoms. The third-order valence-electron chi connectivity index (χ3n) is 5.83. The van der Waals surface area contributed by atoms with Gasteiger partial charge in [0.2, 0.25) is 0 Å². The van der Waals surface area contributed by atoms with Gasteiger partial charge in [0, 0.05) is 16.1 Å². The standard InChI is InChI=1S/C26H27N3O4S/c1-15-8-13-20-21(14-15)34-26(22(20)23(27)30)29-25(32)17-9-11-19(12-10-17)33-16(2)24(31)28-18-6-4-3-5-7-18/h3-7,9-12,15-16H,8,13-14H2,1-2H3,(H2,27,30)(H,28,31)(H,29,32)/t15-,16-/m1/s1. The molecular formula is C26H27N3O4S. The van der Waals surface area contributed by atoms with Gasteiger partial charge in [-0.2, -0.15) is 0 Å². The number of hydrogen-bond donors (Lipinski definition) is 3. The number of carbonyl (C=O) groups is 3. The highest BCUT2D eigenvalue weighted by atomic mass is 32.1. The zero-order valence-corrected chi connectivity index (χ0v) is 19.9. The van der Waals surface area contributed by atoms with Gasteiger partial charge < -0.3 is 21.1 Å². The molecule has 2 aromatic carbocycles. The summed E-state index contributed by atoms with van der Waals surface area (Å²) >= 11 is 1.43. The molecule has 0 aliphatic heterocycles. The zero-order valence-electron chi connectivity index (χ0n) is 19.1. The molecule has 1 aromatic heterocycles. The summed E-state index contributed by atoms with van der Waals surface area (Å²) in [6.07, 6.45) is 1.96. The summed E-state index contributed by atoms with van der Waals surface area (Å²) in [5.41, 5.74) is 8.13. The van der Waals surface area contributed by atoms with Crippen LogP contribution in [0.3, 0.4) is 0 Å². The number of primary amides is 1. The summed E-state index contributed by atoms with van der Waals surface area (Å²) in [5.74, 6) is -0.127. The first kappa shape index (κ1) is 23.5. The Morgan fingerprint density at radius 1 is 1.06 bits per heavy atom. The largest absolute Gasteiger partial charge is 0.481 e. The normalized spacial score (nSPS) is 15.6. The van der Waals surface area contributed by atoms with E-state index in [1.807, 2.05) is 18.2 Å². The quantitative estimate of drug-likeness (QED) is 0.461. The fraction of sp³-hybridized carbons (Fsp3) is 0.269. The third-order valence-corrected chi connectivity index (χ3v) is 6.99. The molecule has 2 atom stereocenters. The molecular weight excluding hydrogens is 450 g/mol. The average molecular weight is 478 g/mol. The number of nitrogens with two attached hydrogens (primary N) is 1. The molecule has 3 amide bonds. The minimum Gasteiger partial charge on any atom is -0.481 e. The molecule has 4 N–H and O–H groups in total. The van der Waals surface area contributed by atoms with Crippen molar-refractivity contribution in [2.24, 2.45) is 11.7 Å². The maximum Gasteiger partial charge on any atom is 0.265 e. The van der Waals surface area contributed by atoms with Crippen molar-refractivity contribution in [1.29, 1.82) is 0 Å². The highest BCUT2D eigenvalue weighted by Crippen LogP contribution is 2.39. The molecule has 7 nitrogen and oxygen atoms in total. The molecule has 0 spiro atoms. The number of hydrogen-bond acceptors (Lipinski definition) is 5. The van der Waals surface area contributed by atoms with Crippen LogP contribution in [0.1, 0.15) is 51.4 Å². The molecule has 1 heterocycles. The Morgan fingerprint density at radius 2 is 1.76 bits per heavy atom. The van der Waals surface area contributed by atoms with E-state index in [1.54, 1.807) is 43.3 Å². The number of carbonyl (C=O) groups excluding carboxylic acids is 3. The number of ether oxygens (including phenoxy) is 1. The van der Waals surface area contributed by atoms with Gasteiger partial charge in [0.1, 0.15) is 10.8 Å². The van der Waals surface area contributed by atoms with Gasteiger partial charge in [-0.1, -0.05) is 25.1 Å². The second-order valence-electron chi connectivity index (χ2n) is 8.51. The van der Waals surface area contributed by atoms with Crippen LogP contribution in [0.5, 0.6) is 5.75 Å². The molecule has 176 valence electrons. The second-order valence-corrected chi connectivity index (χ2v) is 9.62. The van der Waals surface area contributed by atoms with E-state index in [0.29, 0.717) is 33.5 Å². The summed E-state index contributed by atoms with van der Waals surface area (Å²) in [5, 5.41) is 6.15. The lowest BCUT2D eigenvalue weighted by Crippen LogP contribution is -2.30. The Morgan fingerprint density at radius 3 is 2.44 bits per heavy atom. The summed E-state index contributed by atoms with van der Waals surface area (Å²) < 4.78 is 5.71. The maximum absolute atomic E-state index is 12.8. The molecule has 0 unspecified atom stereocenters. The first-order chi connectivity index (χ1) is 16.3. The van der Waals surface area contributed by atoms with Crippen LogP contribution in [0, 0.1) is 5.92 Å². The molecule has 0 bridgehead atoms. The van der Waals surface area contributed by atoms with Crippen LogP contribution in [0.2, 0.25) is 0 Å². The zero-order chi connectivity index (χ0) is 24.2. The van der Waals surface area contributed by atoms with E-state index in [-0.39, 0.29) is 11.8 Å². The monoisotopic (exact) mass is 477 g/mol. The first-order valence-corrected chi connectivity index (χ1v) is 12.0. The summed E-state index contributed by atoms with van der Waals surface area (Å²) in [7, 11) is 0. The maximum atomic E-state index is 12.8. The Hall–Kier alpha value is -3.65. The predicted molar refractivity (Wildman–Crippen MR) is 134 cm³/mol. The number of thiophene rings is 1.